The van der Waals surface area contributed by atoms with Crippen LogP contribution in [0.4, 0.5) is 5.69 Å². The lowest BCUT2D eigenvalue weighted by Crippen LogP contribution is -2.21. The lowest BCUT2D eigenvalue weighted by Gasteiger charge is -2.05. The molecule has 0 bridgehead atoms. The fourth-order valence-electron chi connectivity index (χ4n) is 1.70. The van der Waals surface area contributed by atoms with Crippen LogP contribution < -0.4 is 11.2 Å². The number of benzene rings is 1. The molecule has 0 spiro atoms. The fourth-order valence-corrected chi connectivity index (χ4v) is 1.95. The molecule has 0 fully saturated rings. The minimum absolute atomic E-state index is 0.180. The highest BCUT2D eigenvalue weighted by molar-refractivity contribution is 6.45. The molecule has 2 aromatic rings. The van der Waals surface area contributed by atoms with Crippen LogP contribution in [0.5, 0.6) is 0 Å². The van der Waals surface area contributed by atoms with E-state index >= 15 is 0 Å². The van der Waals surface area contributed by atoms with Crippen molar-refractivity contribution >= 4 is 39.7 Å². The van der Waals surface area contributed by atoms with Crippen molar-refractivity contribution in [1.29, 1.82) is 10.7 Å². The van der Waals surface area contributed by atoms with Crippen LogP contribution in [0.2, 0.25) is 5.15 Å². The summed E-state index contributed by atoms with van der Waals surface area (Å²) >= 11 is 5.92. The second-order valence-electron chi connectivity index (χ2n) is 4.09. The molecule has 0 atom stereocenters. The molecule has 0 saturated carbocycles. The number of amidine groups is 1. The number of nitrogens with two attached hydrogens (primary N) is 1. The van der Waals surface area contributed by atoms with E-state index in [1.165, 1.54) is 0 Å². The van der Waals surface area contributed by atoms with Crippen molar-refractivity contribution in [3.05, 3.63) is 35.0 Å². The summed E-state index contributed by atoms with van der Waals surface area (Å²) in [5.41, 5.74) is 10.1. The van der Waals surface area contributed by atoms with E-state index in [-0.39, 0.29) is 5.71 Å². The average molecular weight is 287 g/mol. The topological polar surface area (TPSA) is 111 Å². The predicted octanol–water partition coefficient (Wildman–Crippen LogP) is 2.42. The molecule has 1 aromatic carbocycles. The fraction of sp³-hybridized carbons (Fsp3) is 0.0769. The average Bonchev–Trinajstić information content (AvgIpc) is 2.38. The number of anilines is 1. The Labute approximate surface area is 120 Å². The SMILES string of the molecule is Cc1cc(Cl)nc2cc(N/N=C(\C#N)C(=N)N)ccc12. The van der Waals surface area contributed by atoms with Gasteiger partial charge in [0.15, 0.2) is 5.84 Å². The highest BCUT2D eigenvalue weighted by Crippen LogP contribution is 2.23. The van der Waals surface area contributed by atoms with Gasteiger partial charge in [-0.2, -0.15) is 10.4 Å². The van der Waals surface area contributed by atoms with Gasteiger partial charge in [0.05, 0.1) is 11.2 Å². The number of halogens is 1. The van der Waals surface area contributed by atoms with Gasteiger partial charge in [-0.05, 0) is 30.7 Å². The first-order chi connectivity index (χ1) is 9.51. The van der Waals surface area contributed by atoms with Crippen molar-refractivity contribution in [3.8, 4) is 6.07 Å². The lowest BCUT2D eigenvalue weighted by atomic mass is 10.1. The van der Waals surface area contributed by atoms with Crippen molar-refractivity contribution in [1.82, 2.24) is 4.98 Å². The van der Waals surface area contributed by atoms with E-state index in [9.17, 15) is 0 Å². The Morgan fingerprint density at radius 2 is 2.25 bits per heavy atom. The number of pyridine rings is 1. The molecule has 2 rings (SSSR count). The molecule has 6 nitrogen and oxygen atoms in total. The summed E-state index contributed by atoms with van der Waals surface area (Å²) in [7, 11) is 0. The van der Waals surface area contributed by atoms with Crippen LogP contribution in [-0.2, 0) is 0 Å². The van der Waals surface area contributed by atoms with E-state index in [1.54, 1.807) is 24.3 Å². The molecule has 20 heavy (non-hydrogen) atoms. The number of hydrogen-bond donors (Lipinski definition) is 3. The zero-order valence-corrected chi connectivity index (χ0v) is 11.4. The van der Waals surface area contributed by atoms with Gasteiger partial charge in [0.1, 0.15) is 11.2 Å². The molecule has 0 aliphatic heterocycles. The summed E-state index contributed by atoms with van der Waals surface area (Å²) in [6.45, 7) is 1.95. The van der Waals surface area contributed by atoms with Crippen LogP contribution in [0.25, 0.3) is 10.9 Å². The summed E-state index contributed by atoms with van der Waals surface area (Å²) in [5.74, 6) is -0.391. The monoisotopic (exact) mass is 286 g/mol. The van der Waals surface area contributed by atoms with Crippen LogP contribution >= 0.6 is 11.6 Å². The zero-order valence-electron chi connectivity index (χ0n) is 10.6. The minimum Gasteiger partial charge on any atom is -0.382 e. The van der Waals surface area contributed by atoms with E-state index in [4.69, 9.17) is 28.0 Å². The van der Waals surface area contributed by atoms with Gasteiger partial charge in [-0.25, -0.2) is 4.98 Å². The first kappa shape index (κ1) is 13.8. The van der Waals surface area contributed by atoms with Crippen LogP contribution in [0, 0.1) is 23.7 Å². The number of hydrogen-bond acceptors (Lipinski definition) is 5. The zero-order chi connectivity index (χ0) is 14.7. The third-order valence-corrected chi connectivity index (χ3v) is 2.84. The molecule has 4 N–H and O–H groups in total. The van der Waals surface area contributed by atoms with E-state index in [0.717, 1.165) is 16.5 Å². The van der Waals surface area contributed by atoms with Gasteiger partial charge in [0.2, 0.25) is 5.71 Å². The number of nitrogens with zero attached hydrogens (tertiary/aromatic N) is 3. The van der Waals surface area contributed by atoms with Gasteiger partial charge in [0.25, 0.3) is 0 Å². The van der Waals surface area contributed by atoms with Gasteiger partial charge in [-0.3, -0.25) is 10.8 Å². The van der Waals surface area contributed by atoms with Crippen molar-refractivity contribution in [2.75, 3.05) is 5.43 Å². The molecule has 1 heterocycles. The van der Waals surface area contributed by atoms with Gasteiger partial charge >= 0.3 is 0 Å². The Morgan fingerprint density at radius 1 is 1.50 bits per heavy atom. The van der Waals surface area contributed by atoms with Gasteiger partial charge < -0.3 is 5.73 Å². The smallest absolute Gasteiger partial charge is 0.201 e. The number of nitrogens with one attached hydrogen (secondary N) is 2. The Bertz CT molecular complexity index is 759. The first-order valence-electron chi connectivity index (χ1n) is 5.66. The van der Waals surface area contributed by atoms with Gasteiger partial charge in [-0.1, -0.05) is 17.7 Å². The van der Waals surface area contributed by atoms with E-state index in [2.05, 4.69) is 15.5 Å². The van der Waals surface area contributed by atoms with Crippen LogP contribution in [0.3, 0.4) is 0 Å². The molecule has 0 unspecified atom stereocenters. The Hall–Kier alpha value is -2.65. The number of fused-ring (bicyclic) bond motifs is 1. The van der Waals surface area contributed by atoms with Crippen LogP contribution in [0.15, 0.2) is 29.4 Å². The summed E-state index contributed by atoms with van der Waals surface area (Å²) in [6, 6.07) is 8.95. The van der Waals surface area contributed by atoms with Gasteiger partial charge in [0, 0.05) is 5.39 Å². The molecule has 0 aliphatic carbocycles. The summed E-state index contributed by atoms with van der Waals surface area (Å²) in [6.07, 6.45) is 0. The first-order valence-corrected chi connectivity index (χ1v) is 6.04. The standard InChI is InChI=1S/C13H11ClN6/c1-7-4-12(14)18-10-5-8(2-3-9(7)10)19-20-11(6-15)13(16)17/h2-5,19H,1H3,(H3,16,17)/b20-11+. The minimum atomic E-state index is -0.391. The molecule has 0 amide bonds. The lowest BCUT2D eigenvalue weighted by molar-refractivity contribution is 1.32. The Kier molecular flexibility index (Phi) is 3.82. The molecule has 100 valence electrons. The third kappa shape index (κ3) is 2.84. The molecular weight excluding hydrogens is 276 g/mol. The largest absolute Gasteiger partial charge is 0.382 e. The second kappa shape index (κ2) is 5.55. The third-order valence-electron chi connectivity index (χ3n) is 2.64. The van der Waals surface area contributed by atoms with Crippen molar-refractivity contribution in [3.63, 3.8) is 0 Å². The normalized spacial score (nSPS) is 11.2. The Balaban J connectivity index is 2.38. The summed E-state index contributed by atoms with van der Waals surface area (Å²) < 4.78 is 0. The highest BCUT2D eigenvalue weighted by Gasteiger charge is 2.04. The number of aromatic nitrogens is 1. The number of rotatable bonds is 3. The molecule has 0 aliphatic rings. The quantitative estimate of drug-likeness (QED) is 0.348. The van der Waals surface area contributed by atoms with E-state index < -0.39 is 5.84 Å². The predicted molar refractivity (Wildman–Crippen MR) is 80.1 cm³/mol. The Morgan fingerprint density at radius 3 is 2.90 bits per heavy atom. The van der Waals surface area contributed by atoms with E-state index in [1.807, 2.05) is 13.0 Å². The molecule has 7 heteroatoms. The van der Waals surface area contributed by atoms with Crippen LogP contribution in [0.1, 0.15) is 5.56 Å². The van der Waals surface area contributed by atoms with Crippen molar-refractivity contribution in [2.45, 2.75) is 6.92 Å². The maximum Gasteiger partial charge on any atom is 0.201 e. The van der Waals surface area contributed by atoms with Crippen molar-refractivity contribution in [2.24, 2.45) is 10.8 Å². The van der Waals surface area contributed by atoms with Gasteiger partial charge in [-0.15, -0.1) is 0 Å². The number of nitriles is 1. The summed E-state index contributed by atoms with van der Waals surface area (Å²) in [4.78, 5) is 4.22. The van der Waals surface area contributed by atoms with Crippen molar-refractivity contribution < 1.29 is 0 Å². The molecule has 0 radical (unpaired) electrons. The molecule has 0 saturated heterocycles. The van der Waals surface area contributed by atoms with Crippen LogP contribution in [-0.4, -0.2) is 16.5 Å². The number of hydrazone groups is 1. The number of aryl methyl sites for hydroxylation is 1. The van der Waals surface area contributed by atoms with E-state index in [0.29, 0.717) is 10.8 Å². The second-order valence-corrected chi connectivity index (χ2v) is 4.48. The maximum absolute atomic E-state index is 8.75. The highest BCUT2D eigenvalue weighted by atomic mass is 35.5. The molecule has 1 aromatic heterocycles. The molecular formula is C13H11ClN6. The summed E-state index contributed by atoms with van der Waals surface area (Å²) in [5, 5.41) is 21.1. The maximum atomic E-state index is 8.75.